The van der Waals surface area contributed by atoms with Gasteiger partial charge in [0.25, 0.3) is 0 Å². The fourth-order valence-electron chi connectivity index (χ4n) is 3.80. The number of ether oxygens (including phenoxy) is 2. The van der Waals surface area contributed by atoms with Crippen molar-refractivity contribution >= 4 is 18.0 Å². The Kier molecular flexibility index (Phi) is 7.84. The van der Waals surface area contributed by atoms with Gasteiger partial charge >= 0.3 is 12.1 Å². The maximum atomic E-state index is 12.6. The molecule has 2 amide bonds. The van der Waals surface area contributed by atoms with Gasteiger partial charge in [-0.15, -0.1) is 0 Å². The predicted octanol–water partition coefficient (Wildman–Crippen LogP) is 3.08. The monoisotopic (exact) mass is 452 g/mol. The Morgan fingerprint density at radius 3 is 2.18 bits per heavy atom. The molecule has 0 fully saturated rings. The van der Waals surface area contributed by atoms with Crippen LogP contribution in [0, 0.1) is 0 Å². The Morgan fingerprint density at radius 2 is 1.64 bits per heavy atom. The van der Waals surface area contributed by atoms with E-state index in [1.54, 1.807) is 6.92 Å². The highest BCUT2D eigenvalue weighted by Crippen LogP contribution is 2.44. The zero-order valence-electron chi connectivity index (χ0n) is 18.8. The number of amides is 2. The van der Waals surface area contributed by atoms with Gasteiger partial charge in [-0.25, -0.2) is 9.59 Å². The van der Waals surface area contributed by atoms with Gasteiger partial charge in [-0.05, 0) is 36.1 Å². The zero-order valence-corrected chi connectivity index (χ0v) is 18.8. The largest absolute Gasteiger partial charge is 0.478 e. The van der Waals surface area contributed by atoms with Crippen LogP contribution in [0.25, 0.3) is 11.1 Å². The van der Waals surface area contributed by atoms with Crippen molar-refractivity contribution in [3.63, 3.8) is 0 Å². The van der Waals surface area contributed by atoms with Crippen LogP contribution >= 0.6 is 0 Å². The summed E-state index contributed by atoms with van der Waals surface area (Å²) < 4.78 is 10.7. The third-order valence-electron chi connectivity index (χ3n) is 5.76. The van der Waals surface area contributed by atoms with E-state index in [4.69, 9.17) is 14.6 Å². The normalized spacial score (nSPS) is 14.6. The van der Waals surface area contributed by atoms with Gasteiger partial charge in [-0.1, -0.05) is 54.6 Å². The number of nitrogens with one attached hydrogen (secondary N) is 2. The molecule has 0 aromatic heterocycles. The molecule has 2 aromatic rings. The maximum Gasteiger partial charge on any atom is 0.407 e. The highest BCUT2D eigenvalue weighted by molar-refractivity contribution is 5.87. The average molecular weight is 453 g/mol. The minimum Gasteiger partial charge on any atom is -0.478 e. The molecule has 2 aromatic carbocycles. The Labute approximate surface area is 192 Å². The van der Waals surface area contributed by atoms with E-state index in [-0.39, 0.29) is 24.6 Å². The standard InChI is InChI=1S/C25H28N2O6/c1-15(24(29)30)12-13-26-23(28)22(16(2)32-3)27-25(31)33-14-21-19-10-6-4-8-17(19)18-9-5-7-11-20(18)21/h4-12,16,21-22H,13-14H2,1-3H3,(H,26,28)(H,27,31)(H,29,30)/b15-12+. The first-order valence-corrected chi connectivity index (χ1v) is 10.7. The molecule has 2 atom stereocenters. The second kappa shape index (κ2) is 10.8. The fraction of sp³-hybridized carbons (Fsp3) is 0.320. The van der Waals surface area contributed by atoms with Crippen LogP contribution in [-0.2, 0) is 19.1 Å². The molecule has 33 heavy (non-hydrogen) atoms. The molecule has 0 radical (unpaired) electrons. The number of hydrogen-bond acceptors (Lipinski definition) is 5. The smallest absolute Gasteiger partial charge is 0.407 e. The number of carboxylic acid groups (broad SMARTS) is 1. The van der Waals surface area contributed by atoms with Gasteiger partial charge < -0.3 is 25.2 Å². The second-order valence-corrected chi connectivity index (χ2v) is 7.83. The van der Waals surface area contributed by atoms with E-state index in [1.807, 2.05) is 36.4 Å². The third-order valence-corrected chi connectivity index (χ3v) is 5.76. The Bertz CT molecular complexity index is 1020. The van der Waals surface area contributed by atoms with Crippen LogP contribution in [0.2, 0.25) is 0 Å². The zero-order chi connectivity index (χ0) is 24.0. The van der Waals surface area contributed by atoms with Crippen LogP contribution < -0.4 is 10.6 Å². The highest BCUT2D eigenvalue weighted by Gasteiger charge is 2.31. The average Bonchev–Trinajstić information content (AvgIpc) is 3.14. The Morgan fingerprint density at radius 1 is 1.06 bits per heavy atom. The van der Waals surface area contributed by atoms with Gasteiger partial charge in [-0.2, -0.15) is 0 Å². The summed E-state index contributed by atoms with van der Waals surface area (Å²) in [5.74, 6) is -1.67. The number of hydrogen-bond donors (Lipinski definition) is 3. The van der Waals surface area contributed by atoms with E-state index in [1.165, 1.54) is 20.1 Å². The van der Waals surface area contributed by atoms with Crippen LogP contribution in [-0.4, -0.2) is 55.5 Å². The van der Waals surface area contributed by atoms with Crippen molar-refractivity contribution in [1.29, 1.82) is 0 Å². The van der Waals surface area contributed by atoms with Crippen LogP contribution in [0.15, 0.2) is 60.2 Å². The molecule has 1 aliphatic carbocycles. The lowest BCUT2D eigenvalue weighted by atomic mass is 9.98. The number of fused-ring (bicyclic) bond motifs is 3. The quantitative estimate of drug-likeness (QED) is 0.504. The first-order chi connectivity index (χ1) is 15.8. The second-order valence-electron chi connectivity index (χ2n) is 7.83. The lowest BCUT2D eigenvalue weighted by molar-refractivity contribution is -0.132. The molecular formula is C25H28N2O6. The molecule has 3 rings (SSSR count). The van der Waals surface area contributed by atoms with Crippen LogP contribution in [0.1, 0.15) is 30.9 Å². The number of methoxy groups -OCH3 is 1. The third kappa shape index (κ3) is 5.59. The van der Waals surface area contributed by atoms with Crippen molar-refractivity contribution in [2.24, 2.45) is 0 Å². The van der Waals surface area contributed by atoms with Gasteiger partial charge in [0, 0.05) is 25.1 Å². The minimum atomic E-state index is -1.07. The maximum absolute atomic E-state index is 12.6. The SMILES string of the molecule is COC(C)C(NC(=O)OCC1c2ccccc2-c2ccccc21)C(=O)NC/C=C(\C)C(=O)O. The molecule has 0 aliphatic heterocycles. The van der Waals surface area contributed by atoms with Gasteiger partial charge in [-0.3, -0.25) is 4.79 Å². The summed E-state index contributed by atoms with van der Waals surface area (Å²) in [7, 11) is 1.43. The molecule has 2 unspecified atom stereocenters. The van der Waals surface area contributed by atoms with Crippen LogP contribution in [0.4, 0.5) is 4.79 Å². The summed E-state index contributed by atoms with van der Waals surface area (Å²) in [6, 6.07) is 15.0. The summed E-state index contributed by atoms with van der Waals surface area (Å²) in [5, 5.41) is 14.0. The van der Waals surface area contributed by atoms with Crippen LogP contribution in [0.5, 0.6) is 0 Å². The molecule has 0 bridgehead atoms. The molecular weight excluding hydrogens is 424 g/mol. The summed E-state index contributed by atoms with van der Waals surface area (Å²) >= 11 is 0. The topological polar surface area (TPSA) is 114 Å². The lowest BCUT2D eigenvalue weighted by Crippen LogP contribution is -2.53. The van der Waals surface area contributed by atoms with Crippen molar-refractivity contribution in [1.82, 2.24) is 10.6 Å². The number of alkyl carbamates (subject to hydrolysis) is 1. The summed E-state index contributed by atoms with van der Waals surface area (Å²) in [5.41, 5.74) is 4.53. The van der Waals surface area contributed by atoms with E-state index < -0.39 is 30.1 Å². The van der Waals surface area contributed by atoms with Crippen molar-refractivity contribution in [3.8, 4) is 11.1 Å². The molecule has 0 saturated heterocycles. The number of carbonyl (C=O) groups excluding carboxylic acids is 2. The Hall–Kier alpha value is -3.65. The summed E-state index contributed by atoms with van der Waals surface area (Å²) in [6.07, 6.45) is 0.00965. The number of rotatable bonds is 9. The van der Waals surface area contributed by atoms with Crippen molar-refractivity contribution in [2.75, 3.05) is 20.3 Å². The first kappa shape index (κ1) is 24.0. The minimum absolute atomic E-state index is 0.0102. The molecule has 0 heterocycles. The lowest BCUT2D eigenvalue weighted by Gasteiger charge is -2.23. The van der Waals surface area contributed by atoms with Gasteiger partial charge in [0.05, 0.1) is 6.10 Å². The van der Waals surface area contributed by atoms with E-state index in [0.29, 0.717) is 0 Å². The van der Waals surface area contributed by atoms with Gasteiger partial charge in [0.15, 0.2) is 0 Å². The molecule has 174 valence electrons. The van der Waals surface area contributed by atoms with E-state index in [2.05, 4.69) is 22.8 Å². The van der Waals surface area contributed by atoms with Crippen LogP contribution in [0.3, 0.4) is 0 Å². The number of aliphatic carboxylic acids is 1. The van der Waals surface area contributed by atoms with E-state index in [9.17, 15) is 14.4 Å². The number of carboxylic acids is 1. The fourth-order valence-corrected chi connectivity index (χ4v) is 3.80. The summed E-state index contributed by atoms with van der Waals surface area (Å²) in [4.78, 5) is 36.0. The van der Waals surface area contributed by atoms with E-state index >= 15 is 0 Å². The number of benzene rings is 2. The number of carbonyl (C=O) groups is 3. The molecule has 0 saturated carbocycles. The highest BCUT2D eigenvalue weighted by atomic mass is 16.5. The van der Waals surface area contributed by atoms with E-state index in [0.717, 1.165) is 22.3 Å². The molecule has 3 N–H and O–H groups in total. The molecule has 8 heteroatoms. The van der Waals surface area contributed by atoms with Crippen molar-refractivity contribution < 1.29 is 29.0 Å². The molecule has 1 aliphatic rings. The van der Waals surface area contributed by atoms with Gasteiger partial charge in [0.1, 0.15) is 12.6 Å². The van der Waals surface area contributed by atoms with Gasteiger partial charge in [0.2, 0.25) is 5.91 Å². The first-order valence-electron chi connectivity index (χ1n) is 10.7. The molecule has 8 nitrogen and oxygen atoms in total. The van der Waals surface area contributed by atoms with Crippen molar-refractivity contribution in [3.05, 3.63) is 71.3 Å². The van der Waals surface area contributed by atoms with Crippen molar-refractivity contribution in [2.45, 2.75) is 31.9 Å². The molecule has 0 spiro atoms. The Balaban J connectivity index is 1.64. The summed E-state index contributed by atoms with van der Waals surface area (Å²) in [6.45, 7) is 3.21. The predicted molar refractivity (Wildman–Crippen MR) is 123 cm³/mol.